The molecule has 1 aromatic rings. The van der Waals surface area contributed by atoms with E-state index in [1.165, 1.54) is 4.90 Å². The first-order valence-electron chi connectivity index (χ1n) is 5.69. The Labute approximate surface area is 106 Å². The minimum atomic E-state index is -0.843. The fourth-order valence-corrected chi connectivity index (χ4v) is 3.38. The molecule has 0 saturated heterocycles. The molecule has 94 valence electrons. The van der Waals surface area contributed by atoms with E-state index >= 15 is 0 Å². The van der Waals surface area contributed by atoms with Gasteiger partial charge in [0.1, 0.15) is 0 Å². The van der Waals surface area contributed by atoms with Gasteiger partial charge in [-0.15, -0.1) is 6.58 Å². The predicted molar refractivity (Wildman–Crippen MR) is 78.3 cm³/mol. The first-order valence-corrected chi connectivity index (χ1v) is 8.31. The second kappa shape index (κ2) is 5.92. The molecule has 17 heavy (non-hydrogen) atoms. The van der Waals surface area contributed by atoms with Gasteiger partial charge < -0.3 is 4.90 Å². The molecule has 0 aliphatic carbocycles. The second-order valence-corrected chi connectivity index (χ2v) is 8.26. The van der Waals surface area contributed by atoms with Crippen LogP contribution in [0.2, 0.25) is 0 Å². The van der Waals surface area contributed by atoms with Gasteiger partial charge in [-0.25, -0.2) is 10.0 Å². The minimum absolute atomic E-state index is 0.699. The molecule has 2 nitrogen and oxygen atoms in total. The second-order valence-electron chi connectivity index (χ2n) is 4.38. The van der Waals surface area contributed by atoms with E-state index in [1.807, 2.05) is 25.1 Å². The van der Waals surface area contributed by atoms with Gasteiger partial charge in [0.25, 0.3) is 0 Å². The molecule has 1 rings (SSSR count). The number of anilines is 1. The van der Waals surface area contributed by atoms with Crippen LogP contribution in [-0.4, -0.2) is 31.2 Å². The maximum Gasteiger partial charge on any atom is 0.214 e. The molecular formula is C14H21NOS. The van der Waals surface area contributed by atoms with Crippen molar-refractivity contribution in [3.05, 3.63) is 36.9 Å². The molecule has 1 amide bonds. The molecule has 0 heterocycles. The van der Waals surface area contributed by atoms with Crippen molar-refractivity contribution in [3.8, 4) is 0 Å². The van der Waals surface area contributed by atoms with Gasteiger partial charge in [0.05, 0.1) is 0 Å². The van der Waals surface area contributed by atoms with E-state index < -0.39 is 10.0 Å². The van der Waals surface area contributed by atoms with Gasteiger partial charge >= 0.3 is 0 Å². The number of carbonyl (C=O) groups excluding carboxylic acids is 1. The van der Waals surface area contributed by atoms with Gasteiger partial charge in [-0.2, -0.15) is 0 Å². The van der Waals surface area contributed by atoms with Crippen molar-refractivity contribution in [2.45, 2.75) is 11.8 Å². The summed E-state index contributed by atoms with van der Waals surface area (Å²) in [6.07, 6.45) is 7.39. The van der Waals surface area contributed by atoms with Crippen molar-refractivity contribution in [3.63, 3.8) is 0 Å². The molecule has 0 atom stereocenters. The topological polar surface area (TPSA) is 20.3 Å². The summed E-state index contributed by atoms with van der Waals surface area (Å²) in [5, 5.41) is 0. The van der Waals surface area contributed by atoms with E-state index in [0.29, 0.717) is 6.54 Å². The van der Waals surface area contributed by atoms with Crippen LogP contribution in [0.1, 0.15) is 6.92 Å². The average molecular weight is 251 g/mol. The highest BCUT2D eigenvalue weighted by Gasteiger charge is 2.14. The monoisotopic (exact) mass is 251 g/mol. The molecule has 0 unspecified atom stereocenters. The number of rotatable bonds is 6. The Morgan fingerprint density at radius 2 is 2.12 bits per heavy atom. The Morgan fingerprint density at radius 3 is 2.65 bits per heavy atom. The Balaban J connectivity index is 3.08. The standard InChI is InChI=1S/C14H21NOS/c1-5-10-17(3,4)14-9-7-8-13(11-14)15(6-2)12-16/h5,7-9,11-12H,1,6,10H2,2-4H3. The molecule has 0 fully saturated rings. The highest BCUT2D eigenvalue weighted by Crippen LogP contribution is 2.49. The number of amides is 1. The lowest BCUT2D eigenvalue weighted by Gasteiger charge is -2.31. The van der Waals surface area contributed by atoms with Crippen LogP contribution in [0.25, 0.3) is 0 Å². The maximum absolute atomic E-state index is 10.9. The fraction of sp³-hybridized carbons (Fsp3) is 0.357. The minimum Gasteiger partial charge on any atom is -0.315 e. The zero-order valence-corrected chi connectivity index (χ0v) is 11.7. The van der Waals surface area contributed by atoms with Crippen LogP contribution < -0.4 is 4.90 Å². The van der Waals surface area contributed by atoms with E-state index in [0.717, 1.165) is 17.9 Å². The smallest absolute Gasteiger partial charge is 0.214 e. The zero-order valence-electron chi connectivity index (χ0n) is 10.8. The summed E-state index contributed by atoms with van der Waals surface area (Å²) in [6.45, 7) is 6.49. The number of carbonyl (C=O) groups is 1. The Morgan fingerprint density at radius 1 is 1.41 bits per heavy atom. The molecule has 3 heteroatoms. The van der Waals surface area contributed by atoms with Crippen LogP contribution in [0, 0.1) is 0 Å². The summed E-state index contributed by atoms with van der Waals surface area (Å²) < 4.78 is 0. The van der Waals surface area contributed by atoms with E-state index in [4.69, 9.17) is 0 Å². The lowest BCUT2D eigenvalue weighted by atomic mass is 10.3. The lowest BCUT2D eigenvalue weighted by molar-refractivity contribution is -0.107. The fourth-order valence-electron chi connectivity index (χ4n) is 1.71. The van der Waals surface area contributed by atoms with Gasteiger partial charge in [0.15, 0.2) is 0 Å². The molecule has 0 bridgehead atoms. The highest BCUT2D eigenvalue weighted by molar-refractivity contribution is 8.32. The highest BCUT2D eigenvalue weighted by atomic mass is 32.3. The van der Waals surface area contributed by atoms with Crippen molar-refractivity contribution in [2.75, 3.05) is 29.7 Å². The van der Waals surface area contributed by atoms with Gasteiger partial charge in [-0.1, -0.05) is 12.1 Å². The Kier molecular flexibility index (Phi) is 4.82. The molecular weight excluding hydrogens is 230 g/mol. The molecule has 0 aromatic heterocycles. The van der Waals surface area contributed by atoms with Crippen molar-refractivity contribution in [1.29, 1.82) is 0 Å². The number of hydrogen-bond donors (Lipinski definition) is 0. The Bertz CT molecular complexity index is 401. The number of nitrogens with zero attached hydrogens (tertiary/aromatic N) is 1. The first kappa shape index (κ1) is 13.8. The summed E-state index contributed by atoms with van der Waals surface area (Å²) in [5.74, 6) is 1.00. The molecule has 0 aliphatic rings. The molecule has 0 spiro atoms. The summed E-state index contributed by atoms with van der Waals surface area (Å²) in [4.78, 5) is 14.0. The summed E-state index contributed by atoms with van der Waals surface area (Å²) in [7, 11) is -0.843. The summed E-state index contributed by atoms with van der Waals surface area (Å²) >= 11 is 0. The van der Waals surface area contributed by atoms with Crippen LogP contribution in [0.15, 0.2) is 41.8 Å². The number of benzene rings is 1. The van der Waals surface area contributed by atoms with Gasteiger partial charge in [0.2, 0.25) is 6.41 Å². The van der Waals surface area contributed by atoms with E-state index in [2.05, 4.69) is 31.2 Å². The van der Waals surface area contributed by atoms with Crippen LogP contribution in [0.3, 0.4) is 0 Å². The third-order valence-electron chi connectivity index (χ3n) is 2.79. The van der Waals surface area contributed by atoms with Gasteiger partial charge in [-0.3, -0.25) is 4.79 Å². The maximum atomic E-state index is 10.9. The lowest BCUT2D eigenvalue weighted by Crippen LogP contribution is -2.20. The van der Waals surface area contributed by atoms with Crippen LogP contribution in [-0.2, 0) is 4.79 Å². The third-order valence-corrected chi connectivity index (χ3v) is 5.39. The summed E-state index contributed by atoms with van der Waals surface area (Å²) in [6, 6.07) is 8.26. The molecule has 0 radical (unpaired) electrons. The van der Waals surface area contributed by atoms with Crippen LogP contribution in [0.5, 0.6) is 0 Å². The molecule has 0 aliphatic heterocycles. The van der Waals surface area contributed by atoms with Crippen LogP contribution >= 0.6 is 10.0 Å². The molecule has 0 N–H and O–H groups in total. The number of hydrogen-bond acceptors (Lipinski definition) is 1. The van der Waals surface area contributed by atoms with Crippen molar-refractivity contribution >= 4 is 22.1 Å². The predicted octanol–water partition coefficient (Wildman–Crippen LogP) is 3.28. The SMILES string of the molecule is C=CCS(C)(C)c1cccc(N(C=O)CC)c1. The van der Waals surface area contributed by atoms with E-state index in [9.17, 15) is 4.79 Å². The van der Waals surface area contributed by atoms with E-state index in [1.54, 1.807) is 4.90 Å². The largest absolute Gasteiger partial charge is 0.315 e. The summed E-state index contributed by atoms with van der Waals surface area (Å²) in [5.41, 5.74) is 0.977. The first-order chi connectivity index (χ1) is 8.05. The van der Waals surface area contributed by atoms with Gasteiger partial charge in [-0.05, 0) is 48.3 Å². The Hall–Kier alpha value is -1.22. The zero-order chi connectivity index (χ0) is 12.9. The van der Waals surface area contributed by atoms with Crippen molar-refractivity contribution < 1.29 is 4.79 Å². The van der Waals surface area contributed by atoms with Crippen molar-refractivity contribution in [2.24, 2.45) is 0 Å². The average Bonchev–Trinajstić information content (AvgIpc) is 2.31. The third kappa shape index (κ3) is 3.37. The van der Waals surface area contributed by atoms with Gasteiger partial charge in [0, 0.05) is 12.2 Å². The normalized spacial score (nSPS) is 11.9. The molecule has 1 aromatic carbocycles. The van der Waals surface area contributed by atoms with Crippen molar-refractivity contribution in [1.82, 2.24) is 0 Å². The van der Waals surface area contributed by atoms with E-state index in [-0.39, 0.29) is 0 Å². The molecule has 0 saturated carbocycles. The quantitative estimate of drug-likeness (QED) is 0.561. The van der Waals surface area contributed by atoms with Crippen LogP contribution in [0.4, 0.5) is 5.69 Å².